The molecule has 2 aliphatic carbocycles. The molecule has 0 unspecified atom stereocenters. The molecule has 2 heteroatoms. The fourth-order valence-electron chi connectivity index (χ4n) is 2.95. The van der Waals surface area contributed by atoms with E-state index in [-0.39, 0.29) is 0 Å². The van der Waals surface area contributed by atoms with Crippen LogP contribution in [0.25, 0.3) is 0 Å². The first-order valence-corrected chi connectivity index (χ1v) is 5.59. The SMILES string of the molecule is CCCNC(=O)[C@@H]1C[C@@H]2CC[C@@H]1C2. The zero-order chi connectivity index (χ0) is 9.26. The largest absolute Gasteiger partial charge is 0.356 e. The number of carbonyl (C=O) groups is 1. The third-order valence-electron chi connectivity index (χ3n) is 3.62. The van der Waals surface area contributed by atoms with Gasteiger partial charge in [-0.25, -0.2) is 0 Å². The molecule has 13 heavy (non-hydrogen) atoms. The van der Waals surface area contributed by atoms with E-state index in [1.165, 1.54) is 25.7 Å². The zero-order valence-corrected chi connectivity index (χ0v) is 8.38. The second kappa shape index (κ2) is 3.69. The summed E-state index contributed by atoms with van der Waals surface area (Å²) in [6.45, 7) is 2.95. The Labute approximate surface area is 80.1 Å². The monoisotopic (exact) mass is 181 g/mol. The Morgan fingerprint density at radius 2 is 2.23 bits per heavy atom. The van der Waals surface area contributed by atoms with E-state index in [0.29, 0.717) is 11.8 Å². The molecular formula is C11H19NO. The average Bonchev–Trinajstić information content (AvgIpc) is 2.74. The Hall–Kier alpha value is -0.530. The Morgan fingerprint density at radius 1 is 1.38 bits per heavy atom. The number of rotatable bonds is 3. The topological polar surface area (TPSA) is 29.1 Å². The second-order valence-corrected chi connectivity index (χ2v) is 4.57. The van der Waals surface area contributed by atoms with Crippen LogP contribution in [0.2, 0.25) is 0 Å². The quantitative estimate of drug-likeness (QED) is 0.708. The Balaban J connectivity index is 1.84. The number of nitrogens with one attached hydrogen (secondary N) is 1. The van der Waals surface area contributed by atoms with Gasteiger partial charge in [-0.2, -0.15) is 0 Å². The van der Waals surface area contributed by atoms with E-state index in [9.17, 15) is 4.79 Å². The summed E-state index contributed by atoms with van der Waals surface area (Å²) in [5.74, 6) is 2.29. The van der Waals surface area contributed by atoms with Gasteiger partial charge in [0.2, 0.25) is 5.91 Å². The molecule has 2 rings (SSSR count). The number of hydrogen-bond acceptors (Lipinski definition) is 1. The van der Waals surface area contributed by atoms with E-state index >= 15 is 0 Å². The summed E-state index contributed by atoms with van der Waals surface area (Å²) >= 11 is 0. The smallest absolute Gasteiger partial charge is 0.223 e. The van der Waals surface area contributed by atoms with Crippen LogP contribution in [-0.4, -0.2) is 12.5 Å². The highest BCUT2D eigenvalue weighted by molar-refractivity contribution is 5.79. The van der Waals surface area contributed by atoms with Gasteiger partial charge in [0.05, 0.1) is 0 Å². The molecule has 1 amide bonds. The fraction of sp³-hybridized carbons (Fsp3) is 0.909. The van der Waals surface area contributed by atoms with Gasteiger partial charge in [-0.3, -0.25) is 4.79 Å². The van der Waals surface area contributed by atoms with Gasteiger partial charge in [0.1, 0.15) is 0 Å². The molecule has 1 N–H and O–H groups in total. The molecule has 0 radical (unpaired) electrons. The minimum Gasteiger partial charge on any atom is -0.356 e. The molecular weight excluding hydrogens is 162 g/mol. The van der Waals surface area contributed by atoms with Gasteiger partial charge >= 0.3 is 0 Å². The highest BCUT2D eigenvalue weighted by atomic mass is 16.1. The lowest BCUT2D eigenvalue weighted by molar-refractivity contribution is -0.126. The fourth-order valence-corrected chi connectivity index (χ4v) is 2.95. The van der Waals surface area contributed by atoms with E-state index in [1.54, 1.807) is 0 Å². The van der Waals surface area contributed by atoms with Crippen molar-refractivity contribution < 1.29 is 4.79 Å². The van der Waals surface area contributed by atoms with Crippen LogP contribution >= 0.6 is 0 Å². The van der Waals surface area contributed by atoms with Gasteiger partial charge in [-0.15, -0.1) is 0 Å². The summed E-state index contributed by atoms with van der Waals surface area (Å²) in [6.07, 6.45) is 6.22. The van der Waals surface area contributed by atoms with Gasteiger partial charge in [-0.05, 0) is 37.5 Å². The van der Waals surface area contributed by atoms with Gasteiger partial charge in [0.25, 0.3) is 0 Å². The Kier molecular flexibility index (Phi) is 2.56. The number of hydrogen-bond donors (Lipinski definition) is 1. The zero-order valence-electron chi connectivity index (χ0n) is 8.38. The summed E-state index contributed by atoms with van der Waals surface area (Å²) in [7, 11) is 0. The molecule has 0 saturated heterocycles. The molecule has 0 aliphatic heterocycles. The molecule has 74 valence electrons. The van der Waals surface area contributed by atoms with Crippen LogP contribution in [0.15, 0.2) is 0 Å². The predicted molar refractivity (Wildman–Crippen MR) is 52.2 cm³/mol. The van der Waals surface area contributed by atoms with Crippen molar-refractivity contribution in [1.29, 1.82) is 0 Å². The van der Waals surface area contributed by atoms with Crippen molar-refractivity contribution in [2.45, 2.75) is 39.0 Å². The first kappa shape index (κ1) is 9.04. The lowest BCUT2D eigenvalue weighted by Crippen LogP contribution is -2.33. The molecule has 2 bridgehead atoms. The van der Waals surface area contributed by atoms with E-state index in [2.05, 4.69) is 12.2 Å². The van der Waals surface area contributed by atoms with E-state index in [4.69, 9.17) is 0 Å². The van der Waals surface area contributed by atoms with Crippen LogP contribution in [0.1, 0.15) is 39.0 Å². The van der Waals surface area contributed by atoms with Crippen molar-refractivity contribution >= 4 is 5.91 Å². The van der Waals surface area contributed by atoms with E-state index in [1.807, 2.05) is 0 Å². The maximum atomic E-state index is 11.7. The summed E-state index contributed by atoms with van der Waals surface area (Å²) in [5, 5.41) is 3.02. The van der Waals surface area contributed by atoms with Gasteiger partial charge in [0.15, 0.2) is 0 Å². The maximum absolute atomic E-state index is 11.7. The third-order valence-corrected chi connectivity index (χ3v) is 3.62. The van der Waals surface area contributed by atoms with Gasteiger partial charge < -0.3 is 5.32 Å². The minimum absolute atomic E-state index is 0.328. The number of carbonyl (C=O) groups excluding carboxylic acids is 1. The number of amides is 1. The van der Waals surface area contributed by atoms with Crippen LogP contribution in [0, 0.1) is 17.8 Å². The molecule has 2 saturated carbocycles. The predicted octanol–water partition coefficient (Wildman–Crippen LogP) is 1.95. The van der Waals surface area contributed by atoms with Crippen LogP contribution in [-0.2, 0) is 4.79 Å². The van der Waals surface area contributed by atoms with Crippen LogP contribution in [0.5, 0.6) is 0 Å². The lowest BCUT2D eigenvalue weighted by atomic mass is 9.88. The number of fused-ring (bicyclic) bond motifs is 2. The van der Waals surface area contributed by atoms with Crippen molar-refractivity contribution in [1.82, 2.24) is 5.32 Å². The van der Waals surface area contributed by atoms with E-state index < -0.39 is 0 Å². The summed E-state index contributed by atoms with van der Waals surface area (Å²) < 4.78 is 0. The first-order chi connectivity index (χ1) is 6.31. The van der Waals surface area contributed by atoms with Crippen molar-refractivity contribution in [2.75, 3.05) is 6.54 Å². The standard InChI is InChI=1S/C11H19NO/c1-2-5-12-11(13)10-7-8-3-4-9(10)6-8/h8-10H,2-7H2,1H3,(H,12,13)/t8-,9-,10-/m1/s1. The van der Waals surface area contributed by atoms with Gasteiger partial charge in [-0.1, -0.05) is 13.3 Å². The summed E-state index contributed by atoms with van der Waals surface area (Å²) in [4.78, 5) is 11.7. The molecule has 2 fully saturated rings. The average molecular weight is 181 g/mol. The molecule has 0 aromatic rings. The molecule has 0 spiro atoms. The van der Waals surface area contributed by atoms with Crippen molar-refractivity contribution in [3.63, 3.8) is 0 Å². The highest BCUT2D eigenvalue weighted by Crippen LogP contribution is 2.48. The van der Waals surface area contributed by atoms with Crippen molar-refractivity contribution in [3.05, 3.63) is 0 Å². The molecule has 3 atom stereocenters. The molecule has 2 aliphatic rings. The maximum Gasteiger partial charge on any atom is 0.223 e. The van der Waals surface area contributed by atoms with Crippen LogP contribution < -0.4 is 5.32 Å². The van der Waals surface area contributed by atoms with Crippen molar-refractivity contribution in [3.8, 4) is 0 Å². The Morgan fingerprint density at radius 3 is 2.77 bits per heavy atom. The van der Waals surface area contributed by atoms with Crippen LogP contribution in [0.4, 0.5) is 0 Å². The molecule has 2 nitrogen and oxygen atoms in total. The van der Waals surface area contributed by atoms with E-state index in [0.717, 1.165) is 24.8 Å². The Bertz CT molecular complexity index is 202. The molecule has 0 aromatic carbocycles. The van der Waals surface area contributed by atoms with Crippen molar-refractivity contribution in [2.24, 2.45) is 17.8 Å². The normalized spacial score (nSPS) is 36.5. The van der Waals surface area contributed by atoms with Gasteiger partial charge in [0, 0.05) is 12.5 Å². The summed E-state index contributed by atoms with van der Waals surface area (Å²) in [5.41, 5.74) is 0. The minimum atomic E-state index is 0.328. The second-order valence-electron chi connectivity index (χ2n) is 4.57. The highest BCUT2D eigenvalue weighted by Gasteiger charge is 2.42. The third kappa shape index (κ3) is 1.72. The first-order valence-electron chi connectivity index (χ1n) is 5.59. The van der Waals surface area contributed by atoms with Crippen LogP contribution in [0.3, 0.4) is 0 Å². The lowest BCUT2D eigenvalue weighted by Gasteiger charge is -2.20. The molecule has 0 heterocycles. The summed E-state index contributed by atoms with van der Waals surface area (Å²) in [6, 6.07) is 0. The molecule has 0 aromatic heterocycles.